The highest BCUT2D eigenvalue weighted by atomic mass is 35.5. The van der Waals surface area contributed by atoms with Gasteiger partial charge in [0.2, 0.25) is 0 Å². The molecule has 2 aromatic carbocycles. The maximum Gasteiger partial charge on any atom is 0.145 e. The van der Waals surface area contributed by atoms with E-state index in [-0.39, 0.29) is 17.9 Å². The molecule has 2 heterocycles. The first kappa shape index (κ1) is 24.6. The maximum absolute atomic E-state index is 12.0. The van der Waals surface area contributed by atoms with Crippen molar-refractivity contribution < 1.29 is 14.4 Å². The van der Waals surface area contributed by atoms with Crippen LogP contribution in [0, 0.1) is 23.2 Å². The molecule has 4 atom stereocenters. The SMILES string of the molecule is N#Cc1ccc2nc([C@]3(O)[C@@H]4CC[C@H]3C[C@H](OCc3c(-c5c(Cl)cccc5Cl)noc3C3CC3)C4)sc2c1. The van der Waals surface area contributed by atoms with Crippen molar-refractivity contribution in [1.82, 2.24) is 10.1 Å². The largest absolute Gasteiger partial charge is 0.382 e. The summed E-state index contributed by atoms with van der Waals surface area (Å²) in [5, 5.41) is 27.5. The first-order chi connectivity index (χ1) is 18.5. The van der Waals surface area contributed by atoms with Gasteiger partial charge in [-0.2, -0.15) is 5.26 Å². The molecule has 1 N–H and O–H groups in total. The Kier molecular flexibility index (Phi) is 6.03. The van der Waals surface area contributed by atoms with Gasteiger partial charge in [-0.1, -0.05) is 34.4 Å². The van der Waals surface area contributed by atoms with Crippen LogP contribution in [-0.4, -0.2) is 21.4 Å². The second-order valence-corrected chi connectivity index (χ2v) is 12.6. The quantitative estimate of drug-likeness (QED) is 0.258. The summed E-state index contributed by atoms with van der Waals surface area (Å²) in [5.74, 6) is 1.39. The number of rotatable bonds is 6. The van der Waals surface area contributed by atoms with Crippen molar-refractivity contribution in [3.63, 3.8) is 0 Å². The van der Waals surface area contributed by atoms with E-state index in [1.165, 1.54) is 11.3 Å². The Morgan fingerprint density at radius 3 is 2.53 bits per heavy atom. The van der Waals surface area contributed by atoms with E-state index in [1.54, 1.807) is 6.07 Å². The summed E-state index contributed by atoms with van der Waals surface area (Å²) < 4.78 is 13.3. The minimum Gasteiger partial charge on any atom is -0.382 e. The topological polar surface area (TPSA) is 92.2 Å². The van der Waals surface area contributed by atoms with Gasteiger partial charge in [0.25, 0.3) is 0 Å². The number of fused-ring (bicyclic) bond motifs is 3. The molecular formula is C29H25Cl2N3O3S. The normalized spacial score (nSPS) is 26.6. The molecule has 3 saturated carbocycles. The van der Waals surface area contributed by atoms with E-state index >= 15 is 0 Å². The fourth-order valence-electron chi connectivity index (χ4n) is 6.40. The van der Waals surface area contributed by atoms with Crippen molar-refractivity contribution in [3.8, 4) is 17.3 Å². The van der Waals surface area contributed by atoms with Crippen LogP contribution < -0.4 is 0 Å². The zero-order chi connectivity index (χ0) is 26.0. The van der Waals surface area contributed by atoms with E-state index in [0.29, 0.717) is 39.4 Å². The Labute approximate surface area is 234 Å². The molecule has 7 rings (SSSR count). The number of halogens is 2. The molecule has 0 aliphatic heterocycles. The third-order valence-corrected chi connectivity index (χ3v) is 10.3. The fourth-order valence-corrected chi connectivity index (χ4v) is 8.23. The van der Waals surface area contributed by atoms with Crippen molar-refractivity contribution in [2.75, 3.05) is 0 Å². The van der Waals surface area contributed by atoms with Gasteiger partial charge in [0.1, 0.15) is 22.1 Å². The Morgan fingerprint density at radius 2 is 1.84 bits per heavy atom. The molecule has 0 amide bonds. The van der Waals surface area contributed by atoms with E-state index in [0.717, 1.165) is 65.1 Å². The molecule has 0 radical (unpaired) electrons. The lowest BCUT2D eigenvalue weighted by Gasteiger charge is -2.41. The predicted molar refractivity (Wildman–Crippen MR) is 146 cm³/mol. The lowest BCUT2D eigenvalue weighted by Crippen LogP contribution is -2.44. The molecule has 0 saturated heterocycles. The molecule has 0 unspecified atom stereocenters. The van der Waals surface area contributed by atoms with E-state index in [1.807, 2.05) is 30.3 Å². The molecule has 2 bridgehead atoms. The second-order valence-electron chi connectivity index (χ2n) is 10.8. The van der Waals surface area contributed by atoms with Crippen LogP contribution in [0.2, 0.25) is 10.0 Å². The van der Waals surface area contributed by atoms with Gasteiger partial charge in [-0.05, 0) is 80.7 Å². The van der Waals surface area contributed by atoms with Gasteiger partial charge >= 0.3 is 0 Å². The summed E-state index contributed by atoms with van der Waals surface area (Å²) in [7, 11) is 0. The summed E-state index contributed by atoms with van der Waals surface area (Å²) in [6, 6.07) is 13.1. The molecule has 3 aliphatic rings. The number of ether oxygens (including phenoxy) is 1. The summed E-state index contributed by atoms with van der Waals surface area (Å²) in [5.41, 5.74) is 2.75. The first-order valence-corrected chi connectivity index (χ1v) is 14.6. The van der Waals surface area contributed by atoms with Crippen molar-refractivity contribution in [3.05, 3.63) is 68.3 Å². The number of aromatic nitrogens is 2. The number of hydrogen-bond acceptors (Lipinski definition) is 7. The summed E-state index contributed by atoms with van der Waals surface area (Å²) in [6.07, 6.45) is 5.59. The maximum atomic E-state index is 12.0. The van der Waals surface area contributed by atoms with Crippen molar-refractivity contribution in [2.45, 2.75) is 62.8 Å². The van der Waals surface area contributed by atoms with Crippen molar-refractivity contribution >= 4 is 44.8 Å². The van der Waals surface area contributed by atoms with Crippen LogP contribution in [0.1, 0.15) is 66.3 Å². The van der Waals surface area contributed by atoms with Gasteiger partial charge in [-0.25, -0.2) is 4.98 Å². The molecule has 4 aromatic rings. The van der Waals surface area contributed by atoms with E-state index in [4.69, 9.17) is 37.4 Å². The molecule has 3 fully saturated rings. The number of benzene rings is 2. The van der Waals surface area contributed by atoms with Gasteiger partial charge in [0.15, 0.2) is 0 Å². The average Bonchev–Trinajstić information content (AvgIpc) is 3.50. The number of nitriles is 1. The van der Waals surface area contributed by atoms with E-state index in [9.17, 15) is 10.4 Å². The van der Waals surface area contributed by atoms with Crippen LogP contribution >= 0.6 is 34.5 Å². The Morgan fingerprint density at radius 1 is 1.11 bits per heavy atom. The fraction of sp³-hybridized carbons (Fsp3) is 0.414. The molecule has 3 aliphatic carbocycles. The molecule has 38 heavy (non-hydrogen) atoms. The van der Waals surface area contributed by atoms with Crippen LogP contribution in [0.5, 0.6) is 0 Å². The van der Waals surface area contributed by atoms with E-state index in [2.05, 4.69) is 11.2 Å². The van der Waals surface area contributed by atoms with Gasteiger partial charge in [0, 0.05) is 17.0 Å². The highest BCUT2D eigenvalue weighted by Crippen LogP contribution is 2.57. The van der Waals surface area contributed by atoms with Crippen LogP contribution in [0.25, 0.3) is 21.5 Å². The molecule has 6 nitrogen and oxygen atoms in total. The summed E-state index contributed by atoms with van der Waals surface area (Å²) in [4.78, 5) is 4.81. The molecule has 0 spiro atoms. The monoisotopic (exact) mass is 565 g/mol. The third-order valence-electron chi connectivity index (χ3n) is 8.49. The van der Waals surface area contributed by atoms with Gasteiger partial charge in [0.05, 0.1) is 44.6 Å². The Bertz CT molecular complexity index is 1550. The number of thiazole rings is 1. The average molecular weight is 567 g/mol. The van der Waals surface area contributed by atoms with E-state index < -0.39 is 5.60 Å². The van der Waals surface area contributed by atoms with Gasteiger partial charge in [-0.3, -0.25) is 0 Å². The highest BCUT2D eigenvalue weighted by Gasteiger charge is 2.56. The summed E-state index contributed by atoms with van der Waals surface area (Å²) >= 11 is 14.5. The van der Waals surface area contributed by atoms with Crippen LogP contribution in [0.3, 0.4) is 0 Å². The molecular weight excluding hydrogens is 541 g/mol. The Balaban J connectivity index is 1.13. The minimum atomic E-state index is -0.955. The lowest BCUT2D eigenvalue weighted by atomic mass is 9.73. The first-order valence-electron chi connectivity index (χ1n) is 13.0. The summed E-state index contributed by atoms with van der Waals surface area (Å²) in [6.45, 7) is 0.368. The van der Waals surface area contributed by atoms with Crippen LogP contribution in [-0.2, 0) is 16.9 Å². The number of nitrogens with zero attached hydrogens (tertiary/aromatic N) is 3. The van der Waals surface area contributed by atoms with Gasteiger partial charge in [-0.15, -0.1) is 11.3 Å². The lowest BCUT2D eigenvalue weighted by molar-refractivity contribution is -0.116. The highest BCUT2D eigenvalue weighted by molar-refractivity contribution is 7.18. The molecule has 194 valence electrons. The predicted octanol–water partition coefficient (Wildman–Crippen LogP) is 7.60. The second kappa shape index (κ2) is 9.32. The van der Waals surface area contributed by atoms with Crippen LogP contribution in [0.4, 0.5) is 0 Å². The Hall–Kier alpha value is -2.47. The minimum absolute atomic E-state index is 0.0175. The van der Waals surface area contributed by atoms with Crippen molar-refractivity contribution in [1.29, 1.82) is 5.26 Å². The number of hydrogen-bond donors (Lipinski definition) is 1. The smallest absolute Gasteiger partial charge is 0.145 e. The zero-order valence-electron chi connectivity index (χ0n) is 20.5. The molecule has 2 aromatic heterocycles. The van der Waals surface area contributed by atoms with Crippen LogP contribution in [0.15, 0.2) is 40.9 Å². The van der Waals surface area contributed by atoms with Crippen molar-refractivity contribution in [2.24, 2.45) is 11.8 Å². The number of aliphatic hydroxyl groups is 1. The third kappa shape index (κ3) is 3.97. The zero-order valence-corrected chi connectivity index (χ0v) is 22.8. The van der Waals surface area contributed by atoms with Gasteiger partial charge < -0.3 is 14.4 Å². The standard InChI is InChI=1S/C29H25Cl2N3O3S/c30-21-2-1-3-22(31)25(21)26-20(27(37-34-26)16-5-6-16)14-36-19-11-17-7-8-18(12-19)29(17,35)28-33-23-9-4-15(13-32)10-24(23)38-28/h1-4,9-10,16-19,35H,5-8,11-12,14H2/t17-,18+,19-,29+. The molecule has 9 heteroatoms.